The zero-order valence-electron chi connectivity index (χ0n) is 12.6. The number of esters is 1. The summed E-state index contributed by atoms with van der Waals surface area (Å²) >= 11 is 0. The minimum atomic E-state index is -0.245. The minimum Gasteiger partial charge on any atom is -0.469 e. The van der Waals surface area contributed by atoms with Crippen LogP contribution in [0.2, 0.25) is 0 Å². The Morgan fingerprint density at radius 1 is 1.60 bits per heavy atom. The molecular weight excluding hydrogens is 254 g/mol. The maximum Gasteiger partial charge on any atom is 0.313 e. The highest BCUT2D eigenvalue weighted by Crippen LogP contribution is 2.49. The van der Waals surface area contributed by atoms with Gasteiger partial charge in [-0.2, -0.15) is 5.10 Å². The summed E-state index contributed by atoms with van der Waals surface area (Å²) in [5.41, 5.74) is 2.21. The summed E-state index contributed by atoms with van der Waals surface area (Å²) in [5, 5.41) is 4.30. The van der Waals surface area contributed by atoms with Crippen molar-refractivity contribution in [2.45, 2.75) is 32.7 Å². The van der Waals surface area contributed by atoms with Gasteiger partial charge in [-0.1, -0.05) is 6.42 Å². The fourth-order valence-corrected chi connectivity index (χ4v) is 3.99. The highest BCUT2D eigenvalue weighted by molar-refractivity contribution is 5.78. The molecule has 0 aromatic carbocycles. The predicted molar refractivity (Wildman–Crippen MR) is 75.0 cm³/mol. The molecule has 0 amide bonds. The molecule has 0 spiro atoms. The monoisotopic (exact) mass is 277 g/mol. The van der Waals surface area contributed by atoms with E-state index in [9.17, 15) is 4.79 Å². The number of likely N-dealkylation sites (tertiary alicyclic amines) is 1. The van der Waals surface area contributed by atoms with Gasteiger partial charge in [-0.25, -0.2) is 0 Å². The van der Waals surface area contributed by atoms with Gasteiger partial charge in [-0.15, -0.1) is 0 Å². The molecule has 2 aliphatic rings. The number of nitrogens with zero attached hydrogens (tertiary/aromatic N) is 3. The van der Waals surface area contributed by atoms with Crippen molar-refractivity contribution in [2.24, 2.45) is 18.4 Å². The van der Waals surface area contributed by atoms with E-state index in [4.69, 9.17) is 4.74 Å². The van der Waals surface area contributed by atoms with E-state index in [2.05, 4.69) is 16.9 Å². The third-order valence-corrected chi connectivity index (χ3v) is 5.26. The molecule has 1 saturated heterocycles. The Morgan fingerprint density at radius 2 is 2.40 bits per heavy atom. The van der Waals surface area contributed by atoms with Crippen molar-refractivity contribution in [3.8, 4) is 0 Å². The van der Waals surface area contributed by atoms with Crippen LogP contribution in [0.5, 0.6) is 0 Å². The van der Waals surface area contributed by atoms with Crippen molar-refractivity contribution in [3.63, 3.8) is 0 Å². The summed E-state index contributed by atoms with van der Waals surface area (Å²) in [7, 11) is 3.48. The van der Waals surface area contributed by atoms with Gasteiger partial charge in [0.05, 0.1) is 18.7 Å². The van der Waals surface area contributed by atoms with Gasteiger partial charge in [0.25, 0.3) is 0 Å². The van der Waals surface area contributed by atoms with E-state index in [-0.39, 0.29) is 11.4 Å². The lowest BCUT2D eigenvalue weighted by atomic mass is 9.81. The van der Waals surface area contributed by atoms with Crippen LogP contribution in [0.4, 0.5) is 0 Å². The fraction of sp³-hybridized carbons (Fsp3) is 0.733. The third kappa shape index (κ3) is 1.95. The molecule has 2 atom stereocenters. The Balaban J connectivity index is 1.76. The zero-order chi connectivity index (χ0) is 14.3. The molecule has 3 rings (SSSR count). The molecule has 110 valence electrons. The molecule has 0 radical (unpaired) electrons. The molecule has 2 unspecified atom stereocenters. The molecule has 5 heteroatoms. The number of aromatic nitrogens is 2. The van der Waals surface area contributed by atoms with E-state index >= 15 is 0 Å². The van der Waals surface area contributed by atoms with Crippen LogP contribution in [0.25, 0.3) is 0 Å². The number of hydrogen-bond acceptors (Lipinski definition) is 4. The van der Waals surface area contributed by atoms with Crippen LogP contribution in [-0.4, -0.2) is 40.8 Å². The summed E-state index contributed by atoms with van der Waals surface area (Å²) in [4.78, 5) is 14.6. The lowest BCUT2D eigenvalue weighted by Gasteiger charge is -2.25. The van der Waals surface area contributed by atoms with Gasteiger partial charge in [0.1, 0.15) is 0 Å². The quantitative estimate of drug-likeness (QED) is 0.786. The predicted octanol–water partition coefficient (Wildman–Crippen LogP) is 1.50. The number of carbonyl (C=O) groups excluding carboxylic acids is 1. The summed E-state index contributed by atoms with van der Waals surface area (Å²) in [5.74, 6) is 0.456. The lowest BCUT2D eigenvalue weighted by molar-refractivity contribution is -0.153. The maximum absolute atomic E-state index is 12.2. The van der Waals surface area contributed by atoms with Gasteiger partial charge in [-0.05, 0) is 25.7 Å². The van der Waals surface area contributed by atoms with E-state index in [1.54, 1.807) is 0 Å². The van der Waals surface area contributed by atoms with Gasteiger partial charge in [0, 0.05) is 37.9 Å². The maximum atomic E-state index is 12.2. The average molecular weight is 277 g/mol. The Kier molecular flexibility index (Phi) is 3.32. The van der Waals surface area contributed by atoms with Gasteiger partial charge in [-0.3, -0.25) is 14.4 Å². The van der Waals surface area contributed by atoms with Crippen molar-refractivity contribution < 1.29 is 9.53 Å². The zero-order valence-corrected chi connectivity index (χ0v) is 12.6. The van der Waals surface area contributed by atoms with E-state index in [1.807, 2.05) is 17.9 Å². The van der Waals surface area contributed by atoms with E-state index in [1.165, 1.54) is 18.4 Å². The molecule has 0 bridgehead atoms. The summed E-state index contributed by atoms with van der Waals surface area (Å²) < 4.78 is 6.99. The SMILES string of the molecule is COC(=O)C12CCCC1CN(Cc1cnn(C)c1C)C2. The van der Waals surface area contributed by atoms with Crippen molar-refractivity contribution >= 4 is 5.97 Å². The van der Waals surface area contributed by atoms with Crippen molar-refractivity contribution in [2.75, 3.05) is 20.2 Å². The number of ether oxygens (including phenoxy) is 1. The van der Waals surface area contributed by atoms with Gasteiger partial charge >= 0.3 is 5.97 Å². The molecule has 1 saturated carbocycles. The van der Waals surface area contributed by atoms with Gasteiger partial charge < -0.3 is 4.74 Å². The van der Waals surface area contributed by atoms with E-state index in [0.717, 1.165) is 38.9 Å². The first-order valence-electron chi connectivity index (χ1n) is 7.35. The molecule has 1 aromatic heterocycles. The standard InChI is InChI=1S/C15H23N3O2/c1-11-12(7-16-17(11)2)8-18-9-13-5-4-6-15(13,10-18)14(19)20-3/h7,13H,4-6,8-10H2,1-3H3. The van der Waals surface area contributed by atoms with Gasteiger partial charge in [0.2, 0.25) is 0 Å². The number of rotatable bonds is 3. The average Bonchev–Trinajstić information content (AvgIpc) is 3.06. The van der Waals surface area contributed by atoms with Gasteiger partial charge in [0.15, 0.2) is 0 Å². The Bertz CT molecular complexity index is 525. The molecule has 5 nitrogen and oxygen atoms in total. The highest BCUT2D eigenvalue weighted by atomic mass is 16.5. The molecular formula is C15H23N3O2. The Labute approximate surface area is 119 Å². The Hall–Kier alpha value is -1.36. The first kappa shape index (κ1) is 13.6. The molecule has 1 aliphatic carbocycles. The molecule has 20 heavy (non-hydrogen) atoms. The summed E-state index contributed by atoms with van der Waals surface area (Å²) in [6, 6.07) is 0. The number of methoxy groups -OCH3 is 1. The largest absolute Gasteiger partial charge is 0.469 e. The molecule has 1 aromatic rings. The second kappa shape index (κ2) is 4.88. The second-order valence-corrected chi connectivity index (χ2v) is 6.29. The van der Waals surface area contributed by atoms with E-state index < -0.39 is 0 Å². The first-order chi connectivity index (χ1) is 9.56. The van der Waals surface area contributed by atoms with Crippen molar-refractivity contribution in [1.82, 2.24) is 14.7 Å². The van der Waals surface area contributed by atoms with Crippen molar-refractivity contribution in [3.05, 3.63) is 17.5 Å². The first-order valence-corrected chi connectivity index (χ1v) is 7.35. The van der Waals surface area contributed by atoms with Crippen LogP contribution in [0.3, 0.4) is 0 Å². The topological polar surface area (TPSA) is 47.4 Å². The molecule has 2 heterocycles. The number of carbonyl (C=O) groups is 1. The number of fused-ring (bicyclic) bond motifs is 1. The van der Waals surface area contributed by atoms with Crippen LogP contribution >= 0.6 is 0 Å². The fourth-order valence-electron chi connectivity index (χ4n) is 3.99. The molecule has 1 aliphatic heterocycles. The molecule has 0 N–H and O–H groups in total. The number of hydrogen-bond donors (Lipinski definition) is 0. The third-order valence-electron chi connectivity index (χ3n) is 5.26. The van der Waals surface area contributed by atoms with Crippen LogP contribution in [0, 0.1) is 18.3 Å². The van der Waals surface area contributed by atoms with Crippen molar-refractivity contribution in [1.29, 1.82) is 0 Å². The van der Waals surface area contributed by atoms with Crippen LogP contribution in [-0.2, 0) is 23.1 Å². The van der Waals surface area contributed by atoms with Crippen LogP contribution in [0.1, 0.15) is 30.5 Å². The van der Waals surface area contributed by atoms with Crippen LogP contribution < -0.4 is 0 Å². The van der Waals surface area contributed by atoms with E-state index in [0.29, 0.717) is 5.92 Å². The smallest absolute Gasteiger partial charge is 0.313 e. The summed E-state index contributed by atoms with van der Waals surface area (Å²) in [6.45, 7) is 4.81. The number of aryl methyl sites for hydroxylation is 1. The lowest BCUT2D eigenvalue weighted by Crippen LogP contribution is -2.36. The normalized spacial score (nSPS) is 29.6. The highest BCUT2D eigenvalue weighted by Gasteiger charge is 2.55. The molecule has 2 fully saturated rings. The second-order valence-electron chi connectivity index (χ2n) is 6.29. The minimum absolute atomic E-state index is 0.00888. The van der Waals surface area contributed by atoms with Crippen LogP contribution in [0.15, 0.2) is 6.20 Å². The Morgan fingerprint density at radius 3 is 3.05 bits per heavy atom. The summed E-state index contributed by atoms with van der Waals surface area (Å²) in [6.07, 6.45) is 5.22.